The van der Waals surface area contributed by atoms with Crippen LogP contribution in [0.4, 0.5) is 0 Å². The number of ether oxygens (including phenoxy) is 2. The molecule has 0 bridgehead atoms. The van der Waals surface area contributed by atoms with Crippen LogP contribution in [0.25, 0.3) is 0 Å². The van der Waals surface area contributed by atoms with Crippen molar-refractivity contribution in [2.24, 2.45) is 0 Å². The summed E-state index contributed by atoms with van der Waals surface area (Å²) in [6.07, 6.45) is 2.93. The third kappa shape index (κ3) is 1.04. The zero-order chi connectivity index (χ0) is 10.1. The third-order valence-electron chi connectivity index (χ3n) is 2.43. The molecule has 0 heterocycles. The van der Waals surface area contributed by atoms with E-state index in [2.05, 4.69) is 6.07 Å². The first-order chi connectivity index (χ1) is 6.81. The van der Waals surface area contributed by atoms with Gasteiger partial charge in [-0.2, -0.15) is 5.26 Å². The molecule has 1 aromatic carbocycles. The van der Waals surface area contributed by atoms with Gasteiger partial charge in [0.15, 0.2) is 11.5 Å². The zero-order valence-corrected chi connectivity index (χ0v) is 8.13. The maximum absolute atomic E-state index is 9.00. The molecule has 1 aliphatic rings. The van der Waals surface area contributed by atoms with Gasteiger partial charge < -0.3 is 9.47 Å². The van der Waals surface area contributed by atoms with Gasteiger partial charge in [-0.05, 0) is 30.0 Å². The first-order valence-corrected chi connectivity index (χ1v) is 4.33. The van der Waals surface area contributed by atoms with Gasteiger partial charge in [-0.25, -0.2) is 0 Å². The Labute approximate surface area is 82.9 Å². The van der Waals surface area contributed by atoms with E-state index < -0.39 is 0 Å². The maximum atomic E-state index is 9.00. The fourth-order valence-electron chi connectivity index (χ4n) is 1.66. The second-order valence-corrected chi connectivity index (χ2v) is 3.08. The summed E-state index contributed by atoms with van der Waals surface area (Å²) in [7, 11) is 3.12. The molecule has 3 heteroatoms. The van der Waals surface area contributed by atoms with Crippen molar-refractivity contribution in [3.05, 3.63) is 29.2 Å². The Hall–Kier alpha value is -1.69. The van der Waals surface area contributed by atoms with Crippen molar-refractivity contribution in [2.75, 3.05) is 14.2 Å². The number of rotatable bonds is 2. The molecule has 14 heavy (non-hydrogen) atoms. The zero-order valence-electron chi connectivity index (χ0n) is 8.13. The van der Waals surface area contributed by atoms with Gasteiger partial charge in [0.1, 0.15) is 11.6 Å². The van der Waals surface area contributed by atoms with Gasteiger partial charge >= 0.3 is 0 Å². The van der Waals surface area contributed by atoms with E-state index in [1.54, 1.807) is 14.2 Å². The Bertz CT molecular complexity index is 418. The number of benzene rings is 1. The highest BCUT2D eigenvalue weighted by Gasteiger charge is 2.24. The average Bonchev–Trinajstić information content (AvgIpc) is 2.18. The number of methoxy groups -OCH3 is 2. The second-order valence-electron chi connectivity index (χ2n) is 3.08. The predicted molar refractivity (Wildman–Crippen MR) is 51.4 cm³/mol. The molecule has 0 amide bonds. The summed E-state index contributed by atoms with van der Waals surface area (Å²) in [5.74, 6) is 1.17. The molecule has 2 rings (SSSR count). The Balaban J connectivity index is 2.66. The van der Waals surface area contributed by atoms with Crippen LogP contribution in [0, 0.1) is 17.8 Å². The van der Waals surface area contributed by atoms with Crippen LogP contribution in [-0.4, -0.2) is 14.2 Å². The van der Waals surface area contributed by atoms with E-state index in [0.29, 0.717) is 17.1 Å². The van der Waals surface area contributed by atoms with Crippen LogP contribution in [0.5, 0.6) is 11.5 Å². The first-order valence-electron chi connectivity index (χ1n) is 4.33. The van der Waals surface area contributed by atoms with Crippen molar-refractivity contribution in [3.63, 3.8) is 0 Å². The Morgan fingerprint density at radius 2 is 2.14 bits per heavy atom. The minimum absolute atomic E-state index is 0.532. The van der Waals surface area contributed by atoms with Crippen molar-refractivity contribution in [3.8, 4) is 17.6 Å². The SMILES string of the molecule is COc1cc2c(c(C#N)c1OC)[CH]C2. The molecule has 1 aromatic rings. The Kier molecular flexibility index (Phi) is 2.05. The molecular weight excluding hydrogens is 178 g/mol. The minimum atomic E-state index is 0.532. The molecule has 1 radical (unpaired) electrons. The van der Waals surface area contributed by atoms with Crippen LogP contribution in [0.1, 0.15) is 16.7 Å². The summed E-state index contributed by atoms with van der Waals surface area (Å²) in [4.78, 5) is 0. The largest absolute Gasteiger partial charge is 0.493 e. The van der Waals surface area contributed by atoms with E-state index in [4.69, 9.17) is 14.7 Å². The fourth-order valence-corrected chi connectivity index (χ4v) is 1.66. The molecule has 0 fully saturated rings. The van der Waals surface area contributed by atoms with Crippen molar-refractivity contribution in [1.82, 2.24) is 0 Å². The molecule has 0 spiro atoms. The van der Waals surface area contributed by atoms with Gasteiger partial charge in [-0.15, -0.1) is 0 Å². The van der Waals surface area contributed by atoms with E-state index in [-0.39, 0.29) is 0 Å². The lowest BCUT2D eigenvalue weighted by Gasteiger charge is -2.22. The average molecular weight is 188 g/mol. The quantitative estimate of drug-likeness (QED) is 0.709. The van der Waals surface area contributed by atoms with Crippen LogP contribution < -0.4 is 9.47 Å². The molecule has 1 aliphatic carbocycles. The smallest absolute Gasteiger partial charge is 0.178 e. The lowest BCUT2D eigenvalue weighted by Crippen LogP contribution is -2.10. The van der Waals surface area contributed by atoms with Gasteiger partial charge in [-0.1, -0.05) is 0 Å². The summed E-state index contributed by atoms with van der Waals surface area (Å²) >= 11 is 0. The molecule has 0 aromatic heterocycles. The van der Waals surface area contributed by atoms with Gasteiger partial charge in [0.05, 0.1) is 14.2 Å². The second kappa shape index (κ2) is 3.22. The van der Waals surface area contributed by atoms with Crippen LogP contribution in [0.2, 0.25) is 0 Å². The van der Waals surface area contributed by atoms with Crippen LogP contribution >= 0.6 is 0 Å². The van der Waals surface area contributed by atoms with Gasteiger partial charge in [-0.3, -0.25) is 0 Å². The number of hydrogen-bond acceptors (Lipinski definition) is 3. The fraction of sp³-hybridized carbons (Fsp3) is 0.273. The monoisotopic (exact) mass is 188 g/mol. The summed E-state index contributed by atoms with van der Waals surface area (Å²) in [6.45, 7) is 0. The predicted octanol–water partition coefficient (Wildman–Crippen LogP) is 1.68. The Morgan fingerprint density at radius 1 is 1.36 bits per heavy atom. The van der Waals surface area contributed by atoms with Crippen molar-refractivity contribution >= 4 is 0 Å². The van der Waals surface area contributed by atoms with E-state index in [1.165, 1.54) is 0 Å². The number of hydrogen-bond donors (Lipinski definition) is 0. The van der Waals surface area contributed by atoms with E-state index in [1.807, 2.05) is 12.5 Å². The van der Waals surface area contributed by atoms with Gasteiger partial charge in [0.2, 0.25) is 0 Å². The molecule has 71 valence electrons. The standard InChI is InChI=1S/C11H10NO2/c1-13-10-5-7-3-4-8(7)9(6-12)11(10)14-2/h4-5H,3H2,1-2H3. The molecule has 0 atom stereocenters. The normalized spacial score (nSPS) is 12.4. The van der Waals surface area contributed by atoms with Gasteiger partial charge in [0.25, 0.3) is 0 Å². The molecule has 0 unspecified atom stereocenters. The van der Waals surface area contributed by atoms with Crippen LogP contribution in [0.15, 0.2) is 6.07 Å². The molecule has 0 saturated heterocycles. The number of nitrogens with zero attached hydrogens (tertiary/aromatic N) is 1. The Morgan fingerprint density at radius 3 is 2.57 bits per heavy atom. The van der Waals surface area contributed by atoms with Crippen molar-refractivity contribution in [2.45, 2.75) is 6.42 Å². The third-order valence-corrected chi connectivity index (χ3v) is 2.43. The number of fused-ring (bicyclic) bond motifs is 1. The van der Waals surface area contributed by atoms with Gasteiger partial charge in [0, 0.05) is 0 Å². The van der Waals surface area contributed by atoms with E-state index in [9.17, 15) is 0 Å². The molecule has 0 aliphatic heterocycles. The van der Waals surface area contributed by atoms with Crippen LogP contribution in [0.3, 0.4) is 0 Å². The summed E-state index contributed by atoms with van der Waals surface area (Å²) in [6, 6.07) is 4.07. The van der Waals surface area contributed by atoms with Crippen molar-refractivity contribution in [1.29, 1.82) is 5.26 Å². The lowest BCUT2D eigenvalue weighted by atomic mass is 9.84. The highest BCUT2D eigenvalue weighted by atomic mass is 16.5. The highest BCUT2D eigenvalue weighted by molar-refractivity contribution is 5.65. The molecule has 0 N–H and O–H groups in total. The summed E-state index contributed by atoms with van der Waals surface area (Å²) in [5, 5.41) is 9.00. The molecular formula is C11H10NO2. The molecule has 3 nitrogen and oxygen atoms in total. The lowest BCUT2D eigenvalue weighted by molar-refractivity contribution is 0.353. The maximum Gasteiger partial charge on any atom is 0.178 e. The minimum Gasteiger partial charge on any atom is -0.493 e. The van der Waals surface area contributed by atoms with Crippen molar-refractivity contribution < 1.29 is 9.47 Å². The number of nitriles is 1. The van der Waals surface area contributed by atoms with Crippen LogP contribution in [-0.2, 0) is 6.42 Å². The summed E-state index contributed by atoms with van der Waals surface area (Å²) < 4.78 is 10.3. The highest BCUT2D eigenvalue weighted by Crippen LogP contribution is 2.40. The summed E-state index contributed by atoms with van der Waals surface area (Å²) in [5.41, 5.74) is 2.72. The topological polar surface area (TPSA) is 42.2 Å². The molecule has 0 saturated carbocycles. The van der Waals surface area contributed by atoms with E-state index in [0.717, 1.165) is 17.5 Å². The van der Waals surface area contributed by atoms with E-state index >= 15 is 0 Å². The first kappa shape index (κ1) is 8.89.